The van der Waals surface area contributed by atoms with E-state index in [4.69, 9.17) is 11.6 Å². The Morgan fingerprint density at radius 3 is 2.45 bits per heavy atom. The van der Waals surface area contributed by atoms with Gasteiger partial charge in [0.2, 0.25) is 0 Å². The first-order valence-electron chi connectivity index (χ1n) is 10.9. The topological polar surface area (TPSA) is 58.2 Å². The number of rotatable bonds is 4. The van der Waals surface area contributed by atoms with Crippen molar-refractivity contribution in [3.63, 3.8) is 0 Å². The van der Waals surface area contributed by atoms with Crippen LogP contribution in [-0.4, -0.2) is 11.8 Å². The van der Waals surface area contributed by atoms with E-state index in [-0.39, 0.29) is 17.2 Å². The fourth-order valence-corrected chi connectivity index (χ4v) is 6.03. The van der Waals surface area contributed by atoms with Gasteiger partial charge in [-0.05, 0) is 78.6 Å². The molecule has 2 amide bonds. The number of anilines is 2. The van der Waals surface area contributed by atoms with Gasteiger partial charge in [-0.25, -0.2) is 0 Å². The molecular weight excluding hydrogens is 520 g/mol. The van der Waals surface area contributed by atoms with Gasteiger partial charge in [0.1, 0.15) is 5.00 Å². The fraction of sp³-hybridized carbons (Fsp3) is 0.308. The van der Waals surface area contributed by atoms with Crippen LogP contribution in [-0.2, 0) is 12.8 Å². The summed E-state index contributed by atoms with van der Waals surface area (Å²) in [7, 11) is 0. The minimum absolute atomic E-state index is 0.188. The van der Waals surface area contributed by atoms with E-state index < -0.39 is 0 Å². The Hall–Kier alpha value is -2.15. The fourth-order valence-electron chi connectivity index (χ4n) is 4.19. The normalized spacial score (nSPS) is 15.6. The molecule has 0 bridgehead atoms. The van der Waals surface area contributed by atoms with Gasteiger partial charge < -0.3 is 10.6 Å². The van der Waals surface area contributed by atoms with Crippen molar-refractivity contribution in [1.29, 1.82) is 0 Å². The van der Waals surface area contributed by atoms with Gasteiger partial charge in [-0.3, -0.25) is 9.59 Å². The highest BCUT2D eigenvalue weighted by molar-refractivity contribution is 9.10. The molecule has 0 spiro atoms. The minimum Gasteiger partial charge on any atom is -0.322 e. The van der Waals surface area contributed by atoms with Gasteiger partial charge in [0, 0.05) is 25.6 Å². The van der Waals surface area contributed by atoms with Crippen LogP contribution >= 0.6 is 38.9 Å². The molecule has 0 saturated heterocycles. The molecule has 0 fully saturated rings. The van der Waals surface area contributed by atoms with Crippen LogP contribution in [0.3, 0.4) is 0 Å². The van der Waals surface area contributed by atoms with Gasteiger partial charge in [0.15, 0.2) is 0 Å². The molecule has 0 aliphatic heterocycles. The first kappa shape index (κ1) is 24.0. The first-order chi connectivity index (χ1) is 15.6. The molecular formula is C26H26BrClN2O2S. The number of halogens is 2. The van der Waals surface area contributed by atoms with Crippen molar-refractivity contribution in [3.8, 4) is 0 Å². The molecule has 4 rings (SSSR count). The van der Waals surface area contributed by atoms with E-state index >= 15 is 0 Å². The van der Waals surface area contributed by atoms with Crippen LogP contribution in [0.25, 0.3) is 0 Å². The van der Waals surface area contributed by atoms with E-state index in [9.17, 15) is 9.59 Å². The molecule has 0 radical (unpaired) electrons. The van der Waals surface area contributed by atoms with Crippen LogP contribution in [0.5, 0.6) is 0 Å². The summed E-state index contributed by atoms with van der Waals surface area (Å²) >= 11 is 10.9. The van der Waals surface area contributed by atoms with Crippen LogP contribution in [0, 0.1) is 11.3 Å². The van der Waals surface area contributed by atoms with Crippen molar-refractivity contribution in [2.24, 2.45) is 11.3 Å². The molecule has 7 heteroatoms. The number of carbonyl (C=O) groups excluding carboxylic acids is 2. The Bertz CT molecular complexity index is 1200. The second-order valence-electron chi connectivity index (χ2n) is 9.44. The van der Waals surface area contributed by atoms with Crippen LogP contribution < -0.4 is 10.6 Å². The summed E-state index contributed by atoms with van der Waals surface area (Å²) in [5, 5.41) is 7.20. The monoisotopic (exact) mass is 544 g/mol. The highest BCUT2D eigenvalue weighted by Crippen LogP contribution is 2.44. The zero-order valence-corrected chi connectivity index (χ0v) is 22.0. The number of thiophene rings is 1. The zero-order valence-electron chi connectivity index (χ0n) is 18.8. The van der Waals surface area contributed by atoms with Crippen molar-refractivity contribution < 1.29 is 9.59 Å². The zero-order chi connectivity index (χ0) is 23.8. The van der Waals surface area contributed by atoms with Gasteiger partial charge in [0.05, 0.1) is 5.56 Å². The molecule has 1 aliphatic carbocycles. The van der Waals surface area contributed by atoms with Crippen LogP contribution in [0.2, 0.25) is 5.02 Å². The third kappa shape index (κ3) is 5.51. The lowest BCUT2D eigenvalue weighted by Crippen LogP contribution is -2.27. The molecule has 3 aromatic rings. The van der Waals surface area contributed by atoms with E-state index in [0.717, 1.165) is 29.3 Å². The average Bonchev–Trinajstić information content (AvgIpc) is 3.11. The lowest BCUT2D eigenvalue weighted by atomic mass is 9.72. The number of nitrogens with one attached hydrogen (secondary N) is 2. The van der Waals surface area contributed by atoms with Crippen LogP contribution in [0.4, 0.5) is 10.7 Å². The Kier molecular flexibility index (Phi) is 6.99. The molecule has 172 valence electrons. The Balaban J connectivity index is 1.68. The Morgan fingerprint density at radius 1 is 1.06 bits per heavy atom. The third-order valence-electron chi connectivity index (χ3n) is 6.13. The summed E-state index contributed by atoms with van der Waals surface area (Å²) in [6.07, 6.45) is 2.76. The van der Waals surface area contributed by atoms with Crippen molar-refractivity contribution in [1.82, 2.24) is 0 Å². The van der Waals surface area contributed by atoms with Crippen molar-refractivity contribution in [3.05, 3.63) is 79.6 Å². The largest absolute Gasteiger partial charge is 0.322 e. The predicted octanol–water partition coefficient (Wildman–Crippen LogP) is 7.82. The van der Waals surface area contributed by atoms with E-state index in [0.29, 0.717) is 32.8 Å². The number of amides is 2. The molecule has 4 nitrogen and oxygen atoms in total. The van der Waals surface area contributed by atoms with E-state index in [1.54, 1.807) is 36.4 Å². The van der Waals surface area contributed by atoms with E-state index in [1.807, 2.05) is 12.1 Å². The molecule has 1 heterocycles. The number of hydrogen-bond acceptors (Lipinski definition) is 3. The van der Waals surface area contributed by atoms with Gasteiger partial charge in [0.25, 0.3) is 11.8 Å². The first-order valence-corrected chi connectivity index (χ1v) is 12.9. The summed E-state index contributed by atoms with van der Waals surface area (Å²) in [5.74, 6) is 0.0841. The Labute approximate surface area is 211 Å². The summed E-state index contributed by atoms with van der Waals surface area (Å²) in [6, 6.07) is 14.2. The standard InChI is InChI=1S/C26H26BrClN2O2S/c1-26(2,3)16-7-12-20-21(14-16)33-25(30-23(31)15-5-4-6-17(27)13-15)22(20)24(32)29-19-10-8-18(28)9-11-19/h4-6,8-11,13,16H,7,12,14H2,1-3H3,(H,29,32)(H,30,31). The second kappa shape index (κ2) is 9.61. The van der Waals surface area contributed by atoms with Gasteiger partial charge >= 0.3 is 0 Å². The van der Waals surface area contributed by atoms with Crippen molar-refractivity contribution in [2.45, 2.75) is 40.0 Å². The number of benzene rings is 2. The lowest BCUT2D eigenvalue weighted by molar-refractivity contribution is 0.102. The predicted molar refractivity (Wildman–Crippen MR) is 141 cm³/mol. The maximum absolute atomic E-state index is 13.4. The van der Waals surface area contributed by atoms with Crippen LogP contribution in [0.1, 0.15) is 58.3 Å². The summed E-state index contributed by atoms with van der Waals surface area (Å²) < 4.78 is 0.828. The number of hydrogen-bond donors (Lipinski definition) is 2. The molecule has 1 aliphatic rings. The smallest absolute Gasteiger partial charge is 0.258 e. The molecule has 1 unspecified atom stereocenters. The SMILES string of the molecule is CC(C)(C)C1CCc2c(sc(NC(=O)c3cccc(Br)c3)c2C(=O)Nc2ccc(Cl)cc2)C1. The molecule has 1 aromatic heterocycles. The summed E-state index contributed by atoms with van der Waals surface area (Å²) in [4.78, 5) is 27.6. The summed E-state index contributed by atoms with van der Waals surface area (Å²) in [5.41, 5.74) is 3.01. The van der Waals surface area contributed by atoms with Gasteiger partial charge in [-0.2, -0.15) is 0 Å². The van der Waals surface area contributed by atoms with Crippen molar-refractivity contribution >= 4 is 61.4 Å². The average molecular weight is 546 g/mol. The molecule has 1 atom stereocenters. The van der Waals surface area contributed by atoms with Crippen LogP contribution in [0.15, 0.2) is 53.0 Å². The maximum atomic E-state index is 13.4. The lowest BCUT2D eigenvalue weighted by Gasteiger charge is -2.33. The molecule has 33 heavy (non-hydrogen) atoms. The molecule has 2 aromatic carbocycles. The maximum Gasteiger partial charge on any atom is 0.258 e. The number of carbonyl (C=O) groups is 2. The second-order valence-corrected chi connectivity index (χ2v) is 11.9. The molecule has 2 N–H and O–H groups in total. The quantitative estimate of drug-likeness (QED) is 0.351. The van der Waals surface area contributed by atoms with E-state index in [1.165, 1.54) is 16.2 Å². The third-order valence-corrected chi connectivity index (χ3v) is 8.05. The van der Waals surface area contributed by atoms with E-state index in [2.05, 4.69) is 47.3 Å². The summed E-state index contributed by atoms with van der Waals surface area (Å²) in [6.45, 7) is 6.79. The van der Waals surface area contributed by atoms with Gasteiger partial charge in [-0.1, -0.05) is 54.4 Å². The molecule has 0 saturated carbocycles. The Morgan fingerprint density at radius 2 is 1.79 bits per heavy atom. The van der Waals surface area contributed by atoms with Gasteiger partial charge in [-0.15, -0.1) is 11.3 Å². The minimum atomic E-state index is -0.234. The van der Waals surface area contributed by atoms with Crippen molar-refractivity contribution in [2.75, 3.05) is 10.6 Å². The highest BCUT2D eigenvalue weighted by atomic mass is 79.9. The highest BCUT2D eigenvalue weighted by Gasteiger charge is 2.34. The number of fused-ring (bicyclic) bond motifs is 1.